The van der Waals surface area contributed by atoms with Crippen molar-refractivity contribution in [3.8, 4) is 0 Å². The minimum absolute atomic E-state index is 0.0640. The molecule has 3 heterocycles. The van der Waals surface area contributed by atoms with Crippen LogP contribution in [0.5, 0.6) is 0 Å². The molecule has 1 unspecified atom stereocenters. The molecule has 0 bridgehead atoms. The van der Waals surface area contributed by atoms with Crippen molar-refractivity contribution in [3.05, 3.63) is 29.9 Å². The van der Waals surface area contributed by atoms with Crippen molar-refractivity contribution < 1.29 is 27.2 Å². The number of hydrogen-bond acceptors (Lipinski definition) is 6. The van der Waals surface area contributed by atoms with Gasteiger partial charge in [0.1, 0.15) is 19.0 Å². The van der Waals surface area contributed by atoms with Gasteiger partial charge in [-0.1, -0.05) is 5.16 Å². The molecule has 1 atom stereocenters. The molecule has 1 aliphatic heterocycles. The van der Waals surface area contributed by atoms with E-state index < -0.39 is 29.9 Å². The highest BCUT2D eigenvalue weighted by molar-refractivity contribution is 5.78. The summed E-state index contributed by atoms with van der Waals surface area (Å²) < 4.78 is 53.0. The van der Waals surface area contributed by atoms with Gasteiger partial charge < -0.3 is 18.7 Å². The summed E-state index contributed by atoms with van der Waals surface area (Å²) in [7, 11) is 1.78. The SMILES string of the molecule is Cc1noc(C2(C(F)(F)F)CCN(C(=O)COCc3nccn3C)C2)n1. The number of rotatable bonds is 5. The topological polar surface area (TPSA) is 86.3 Å². The Hall–Kier alpha value is -2.43. The first-order valence-corrected chi connectivity index (χ1v) is 7.92. The van der Waals surface area contributed by atoms with Crippen LogP contribution in [0.1, 0.15) is 24.0 Å². The van der Waals surface area contributed by atoms with E-state index in [2.05, 4.69) is 15.1 Å². The van der Waals surface area contributed by atoms with Crippen molar-refractivity contribution in [1.29, 1.82) is 0 Å². The molecule has 1 saturated heterocycles. The van der Waals surface area contributed by atoms with Crippen molar-refractivity contribution in [2.24, 2.45) is 7.05 Å². The molecule has 0 radical (unpaired) electrons. The Morgan fingerprint density at radius 3 is 2.81 bits per heavy atom. The zero-order valence-electron chi connectivity index (χ0n) is 14.3. The zero-order chi connectivity index (χ0) is 18.9. The lowest BCUT2D eigenvalue weighted by molar-refractivity contribution is -0.194. The Kier molecular flexibility index (Phi) is 4.74. The standard InChI is InChI=1S/C15H18F3N5O3/c1-10-20-13(26-21-10)14(15(16,17)18)3-5-23(9-14)12(24)8-25-7-11-19-4-6-22(11)2/h4,6H,3,5,7-9H2,1-2H3. The van der Waals surface area contributed by atoms with E-state index in [4.69, 9.17) is 9.26 Å². The van der Waals surface area contributed by atoms with Crippen LogP contribution in [-0.2, 0) is 28.6 Å². The summed E-state index contributed by atoms with van der Waals surface area (Å²) in [5, 5.41) is 3.45. The molecule has 26 heavy (non-hydrogen) atoms. The summed E-state index contributed by atoms with van der Waals surface area (Å²) in [6.07, 6.45) is -1.63. The Labute approximate surface area is 146 Å². The van der Waals surface area contributed by atoms with E-state index in [9.17, 15) is 18.0 Å². The van der Waals surface area contributed by atoms with Gasteiger partial charge in [-0.05, 0) is 13.3 Å². The van der Waals surface area contributed by atoms with Gasteiger partial charge in [-0.25, -0.2) is 4.98 Å². The van der Waals surface area contributed by atoms with Gasteiger partial charge in [0, 0.05) is 32.5 Å². The number of alkyl halides is 3. The molecule has 0 aliphatic carbocycles. The summed E-state index contributed by atoms with van der Waals surface area (Å²) in [4.78, 5) is 21.2. The van der Waals surface area contributed by atoms with Gasteiger partial charge in [0.2, 0.25) is 11.8 Å². The Morgan fingerprint density at radius 1 is 1.46 bits per heavy atom. The van der Waals surface area contributed by atoms with E-state index in [-0.39, 0.29) is 32.0 Å². The van der Waals surface area contributed by atoms with Gasteiger partial charge in [0.05, 0.1) is 0 Å². The molecule has 1 amide bonds. The average molecular weight is 373 g/mol. The predicted molar refractivity (Wildman–Crippen MR) is 80.8 cm³/mol. The van der Waals surface area contributed by atoms with Crippen LogP contribution in [0.25, 0.3) is 0 Å². The van der Waals surface area contributed by atoms with Crippen LogP contribution in [0, 0.1) is 6.92 Å². The molecule has 11 heteroatoms. The number of hydrogen-bond donors (Lipinski definition) is 0. The van der Waals surface area contributed by atoms with Gasteiger partial charge in [0.15, 0.2) is 11.2 Å². The second kappa shape index (κ2) is 6.71. The van der Waals surface area contributed by atoms with Crippen LogP contribution in [0.15, 0.2) is 16.9 Å². The molecule has 0 N–H and O–H groups in total. The number of amides is 1. The molecule has 0 saturated carbocycles. The van der Waals surface area contributed by atoms with E-state index in [1.54, 1.807) is 24.0 Å². The number of ether oxygens (including phenoxy) is 1. The molecular weight excluding hydrogens is 355 g/mol. The lowest BCUT2D eigenvalue weighted by atomic mass is 9.86. The highest BCUT2D eigenvalue weighted by Crippen LogP contribution is 2.47. The van der Waals surface area contributed by atoms with Gasteiger partial charge in [-0.2, -0.15) is 18.2 Å². The van der Waals surface area contributed by atoms with Crippen molar-refractivity contribution in [1.82, 2.24) is 24.6 Å². The fourth-order valence-corrected chi connectivity index (χ4v) is 2.90. The first kappa shape index (κ1) is 18.4. The first-order chi connectivity index (χ1) is 12.2. The normalized spacial score (nSPS) is 20.7. The number of halogens is 3. The number of carbonyl (C=O) groups excluding carboxylic acids is 1. The zero-order valence-corrected chi connectivity index (χ0v) is 14.3. The molecule has 8 nitrogen and oxygen atoms in total. The fourth-order valence-electron chi connectivity index (χ4n) is 2.90. The summed E-state index contributed by atoms with van der Waals surface area (Å²) in [5.74, 6) is -0.301. The van der Waals surface area contributed by atoms with Gasteiger partial charge in [-0.3, -0.25) is 4.79 Å². The summed E-state index contributed by atoms with van der Waals surface area (Å²) in [5.41, 5.74) is -2.34. The van der Waals surface area contributed by atoms with E-state index in [0.717, 1.165) is 4.90 Å². The second-order valence-corrected chi connectivity index (χ2v) is 6.24. The highest BCUT2D eigenvalue weighted by Gasteiger charge is 2.63. The largest absolute Gasteiger partial charge is 0.405 e. The molecule has 0 spiro atoms. The third-order valence-corrected chi connectivity index (χ3v) is 4.48. The van der Waals surface area contributed by atoms with Crippen LogP contribution in [0.3, 0.4) is 0 Å². The smallest absolute Gasteiger partial charge is 0.364 e. The van der Waals surface area contributed by atoms with E-state index in [1.807, 2.05) is 0 Å². The second-order valence-electron chi connectivity index (χ2n) is 6.24. The van der Waals surface area contributed by atoms with Crippen LogP contribution in [0.2, 0.25) is 0 Å². The van der Waals surface area contributed by atoms with Crippen LogP contribution in [0.4, 0.5) is 13.2 Å². The number of likely N-dealkylation sites (tertiary alicyclic amines) is 1. The highest BCUT2D eigenvalue weighted by atomic mass is 19.4. The average Bonchev–Trinajstić information content (AvgIpc) is 3.27. The Morgan fingerprint density at radius 2 is 2.23 bits per heavy atom. The molecule has 1 aliphatic rings. The minimum atomic E-state index is -4.62. The first-order valence-electron chi connectivity index (χ1n) is 7.92. The minimum Gasteiger partial charge on any atom is -0.364 e. The number of aromatic nitrogens is 4. The maximum Gasteiger partial charge on any atom is 0.405 e. The number of carbonyl (C=O) groups is 1. The van der Waals surface area contributed by atoms with Gasteiger partial charge in [0.25, 0.3) is 0 Å². The summed E-state index contributed by atoms with van der Waals surface area (Å²) >= 11 is 0. The molecule has 2 aromatic heterocycles. The van der Waals surface area contributed by atoms with Crippen LogP contribution >= 0.6 is 0 Å². The number of nitrogens with zero attached hydrogens (tertiary/aromatic N) is 5. The predicted octanol–water partition coefficient (Wildman–Crippen LogP) is 1.36. The van der Waals surface area contributed by atoms with Crippen LogP contribution in [-0.4, -0.2) is 56.4 Å². The Balaban J connectivity index is 1.65. The van der Waals surface area contributed by atoms with E-state index >= 15 is 0 Å². The number of imidazole rings is 1. The monoisotopic (exact) mass is 373 g/mol. The molecule has 2 aromatic rings. The molecule has 142 valence electrons. The van der Waals surface area contributed by atoms with Crippen molar-refractivity contribution in [3.63, 3.8) is 0 Å². The Bertz CT molecular complexity index is 788. The van der Waals surface area contributed by atoms with Crippen LogP contribution < -0.4 is 0 Å². The number of aryl methyl sites for hydroxylation is 2. The summed E-state index contributed by atoms with van der Waals surface area (Å²) in [6, 6.07) is 0. The van der Waals surface area contributed by atoms with E-state index in [1.165, 1.54) is 6.92 Å². The van der Waals surface area contributed by atoms with E-state index in [0.29, 0.717) is 5.82 Å². The lowest BCUT2D eigenvalue weighted by Gasteiger charge is -2.27. The lowest BCUT2D eigenvalue weighted by Crippen LogP contribution is -2.46. The maximum absolute atomic E-state index is 13.7. The third kappa shape index (κ3) is 3.30. The molecule has 3 rings (SSSR count). The maximum atomic E-state index is 13.7. The molecular formula is C15H18F3N5O3. The molecule has 0 aromatic carbocycles. The third-order valence-electron chi connectivity index (χ3n) is 4.48. The quantitative estimate of drug-likeness (QED) is 0.787. The van der Waals surface area contributed by atoms with Crippen molar-refractivity contribution in [2.75, 3.05) is 19.7 Å². The summed E-state index contributed by atoms with van der Waals surface area (Å²) in [6.45, 7) is 0.578. The van der Waals surface area contributed by atoms with Gasteiger partial charge in [-0.15, -0.1) is 0 Å². The van der Waals surface area contributed by atoms with Crippen molar-refractivity contribution in [2.45, 2.75) is 31.5 Å². The molecule has 1 fully saturated rings. The fraction of sp³-hybridized carbons (Fsp3) is 0.600. The van der Waals surface area contributed by atoms with Gasteiger partial charge >= 0.3 is 6.18 Å². The van der Waals surface area contributed by atoms with Crippen molar-refractivity contribution >= 4 is 5.91 Å².